The Morgan fingerprint density at radius 3 is 2.59 bits per heavy atom. The van der Waals surface area contributed by atoms with E-state index >= 15 is 0 Å². The van der Waals surface area contributed by atoms with Crippen LogP contribution < -0.4 is 10.6 Å². The molecule has 3 rings (SSSR count). The van der Waals surface area contributed by atoms with E-state index in [1.807, 2.05) is 31.2 Å². The number of ether oxygens (including phenoxy) is 1. The monoisotopic (exact) mass is 556 g/mol. The average Bonchev–Trinajstić information content (AvgIpc) is 3.25. The van der Waals surface area contributed by atoms with Crippen LogP contribution in [-0.4, -0.2) is 86.7 Å². The van der Waals surface area contributed by atoms with Crippen molar-refractivity contribution in [2.45, 2.75) is 13.5 Å². The van der Waals surface area contributed by atoms with Crippen molar-refractivity contribution in [1.82, 2.24) is 25.4 Å². The number of rotatable bonds is 8. The molecule has 1 amide bonds. The van der Waals surface area contributed by atoms with E-state index in [-0.39, 0.29) is 36.4 Å². The maximum absolute atomic E-state index is 12.0. The summed E-state index contributed by atoms with van der Waals surface area (Å²) in [6.45, 7) is 7.56. The number of hydrogen-bond donors (Lipinski definition) is 2. The van der Waals surface area contributed by atoms with Gasteiger partial charge < -0.3 is 24.7 Å². The van der Waals surface area contributed by atoms with Crippen molar-refractivity contribution in [2.75, 3.05) is 60.0 Å². The number of nitrogens with zero attached hydrogens (tertiary/aromatic N) is 4. The highest BCUT2D eigenvalue weighted by Crippen LogP contribution is 2.19. The lowest BCUT2D eigenvalue weighted by molar-refractivity contribution is -0.127. The lowest BCUT2D eigenvalue weighted by Gasteiger charge is -2.26. The van der Waals surface area contributed by atoms with Crippen LogP contribution >= 0.6 is 24.0 Å². The van der Waals surface area contributed by atoms with Crippen LogP contribution in [0.5, 0.6) is 0 Å². The van der Waals surface area contributed by atoms with Gasteiger partial charge in [0.25, 0.3) is 0 Å². The SMILES string of the molecule is Cc1ccc(-c2nc(CN=C(NCCN3CCOCC3)NCC(=O)N(C)C)co2)cc1.I. The molecule has 2 aromatic rings. The molecule has 9 nitrogen and oxygen atoms in total. The molecule has 0 saturated carbocycles. The summed E-state index contributed by atoms with van der Waals surface area (Å²) in [4.78, 5) is 25.0. The summed E-state index contributed by atoms with van der Waals surface area (Å²) in [7, 11) is 3.46. The molecule has 176 valence electrons. The fourth-order valence-corrected chi connectivity index (χ4v) is 3.02. The molecular formula is C22H33IN6O3. The third-order valence-electron chi connectivity index (χ3n) is 4.98. The van der Waals surface area contributed by atoms with Crippen molar-refractivity contribution in [3.8, 4) is 11.5 Å². The molecule has 0 aliphatic carbocycles. The van der Waals surface area contributed by atoms with Crippen LogP contribution in [0, 0.1) is 6.92 Å². The van der Waals surface area contributed by atoms with Crippen molar-refractivity contribution >= 4 is 35.8 Å². The zero-order valence-electron chi connectivity index (χ0n) is 19.0. The molecule has 1 aliphatic rings. The number of carbonyl (C=O) groups is 1. The summed E-state index contributed by atoms with van der Waals surface area (Å²) in [6.07, 6.45) is 1.62. The minimum absolute atomic E-state index is 0. The molecule has 0 radical (unpaired) electrons. The number of halogens is 1. The van der Waals surface area contributed by atoms with Crippen LogP contribution in [0.25, 0.3) is 11.5 Å². The number of hydrogen-bond acceptors (Lipinski definition) is 6. The standard InChI is InChI=1S/C22H32N6O3.HI/c1-17-4-6-18(7-5-17)21-26-19(16-31-21)14-24-22(25-15-20(29)27(2)3)23-8-9-28-10-12-30-13-11-28;/h4-7,16H,8-15H2,1-3H3,(H2,23,24,25);1H. The first kappa shape index (κ1) is 26.1. The van der Waals surface area contributed by atoms with Gasteiger partial charge in [0, 0.05) is 45.8 Å². The minimum Gasteiger partial charge on any atom is -0.444 e. The van der Waals surface area contributed by atoms with Crippen LogP contribution in [-0.2, 0) is 16.1 Å². The molecule has 0 unspecified atom stereocenters. The van der Waals surface area contributed by atoms with E-state index < -0.39 is 0 Å². The molecule has 0 bridgehead atoms. The van der Waals surface area contributed by atoms with Crippen LogP contribution in [0.4, 0.5) is 0 Å². The van der Waals surface area contributed by atoms with Gasteiger partial charge in [-0.1, -0.05) is 17.7 Å². The Labute approximate surface area is 206 Å². The third-order valence-corrected chi connectivity index (χ3v) is 4.98. The van der Waals surface area contributed by atoms with E-state index in [1.165, 1.54) is 5.56 Å². The van der Waals surface area contributed by atoms with Crippen molar-refractivity contribution in [2.24, 2.45) is 4.99 Å². The first-order valence-electron chi connectivity index (χ1n) is 10.5. The van der Waals surface area contributed by atoms with E-state index in [4.69, 9.17) is 9.15 Å². The van der Waals surface area contributed by atoms with E-state index in [2.05, 4.69) is 25.5 Å². The molecule has 1 aromatic heterocycles. The Bertz CT molecular complexity index is 863. The predicted molar refractivity (Wildman–Crippen MR) is 135 cm³/mol. The fraction of sp³-hybridized carbons (Fsp3) is 0.500. The van der Waals surface area contributed by atoms with E-state index in [0.29, 0.717) is 18.4 Å². The number of amides is 1. The molecule has 10 heteroatoms. The first-order chi connectivity index (χ1) is 15.0. The van der Waals surface area contributed by atoms with Gasteiger partial charge in [-0.15, -0.1) is 24.0 Å². The van der Waals surface area contributed by atoms with Gasteiger partial charge in [0.05, 0.1) is 26.3 Å². The van der Waals surface area contributed by atoms with Crippen LogP contribution in [0.15, 0.2) is 39.9 Å². The van der Waals surface area contributed by atoms with Crippen LogP contribution in [0.1, 0.15) is 11.3 Å². The third kappa shape index (κ3) is 8.40. The summed E-state index contributed by atoms with van der Waals surface area (Å²) in [6, 6.07) is 8.03. The van der Waals surface area contributed by atoms with Crippen molar-refractivity contribution in [3.63, 3.8) is 0 Å². The second-order valence-electron chi connectivity index (χ2n) is 7.70. The van der Waals surface area contributed by atoms with Gasteiger partial charge in [-0.05, 0) is 19.1 Å². The first-order valence-corrected chi connectivity index (χ1v) is 10.5. The van der Waals surface area contributed by atoms with Gasteiger partial charge in [-0.25, -0.2) is 9.98 Å². The van der Waals surface area contributed by atoms with Crippen LogP contribution in [0.2, 0.25) is 0 Å². The van der Waals surface area contributed by atoms with E-state index in [1.54, 1.807) is 25.3 Å². The highest BCUT2D eigenvalue weighted by Gasteiger charge is 2.11. The predicted octanol–water partition coefficient (Wildman–Crippen LogP) is 1.72. The van der Waals surface area contributed by atoms with E-state index in [9.17, 15) is 4.79 Å². The zero-order valence-corrected chi connectivity index (χ0v) is 21.3. The molecule has 1 aromatic carbocycles. The molecular weight excluding hydrogens is 523 g/mol. The molecule has 1 fully saturated rings. The van der Waals surface area contributed by atoms with Gasteiger partial charge in [-0.2, -0.15) is 0 Å². The van der Waals surface area contributed by atoms with Gasteiger partial charge >= 0.3 is 0 Å². The molecule has 0 spiro atoms. The number of oxazole rings is 1. The summed E-state index contributed by atoms with van der Waals surface area (Å²) in [5, 5.41) is 6.40. The van der Waals surface area contributed by atoms with Gasteiger partial charge in [-0.3, -0.25) is 9.69 Å². The number of aryl methyl sites for hydroxylation is 1. The van der Waals surface area contributed by atoms with Crippen molar-refractivity contribution in [3.05, 3.63) is 41.8 Å². The lowest BCUT2D eigenvalue weighted by Crippen LogP contribution is -2.46. The number of nitrogens with one attached hydrogen (secondary N) is 2. The highest BCUT2D eigenvalue weighted by molar-refractivity contribution is 14.0. The zero-order chi connectivity index (χ0) is 22.1. The average molecular weight is 556 g/mol. The topological polar surface area (TPSA) is 95.2 Å². The number of aliphatic imine (C=N–C) groups is 1. The Balaban J connectivity index is 0.00000363. The summed E-state index contributed by atoms with van der Waals surface area (Å²) < 4.78 is 11.0. The molecule has 0 atom stereocenters. The number of likely N-dealkylation sites (N-methyl/N-ethyl adjacent to an activating group) is 1. The lowest BCUT2D eigenvalue weighted by atomic mass is 10.1. The highest BCUT2D eigenvalue weighted by atomic mass is 127. The summed E-state index contributed by atoms with van der Waals surface area (Å²) >= 11 is 0. The summed E-state index contributed by atoms with van der Waals surface area (Å²) in [5.41, 5.74) is 2.84. The Kier molecular flexibility index (Phi) is 10.9. The molecule has 2 N–H and O–H groups in total. The van der Waals surface area contributed by atoms with E-state index in [0.717, 1.165) is 50.7 Å². The second-order valence-corrected chi connectivity index (χ2v) is 7.70. The smallest absolute Gasteiger partial charge is 0.241 e. The number of carbonyl (C=O) groups excluding carboxylic acids is 1. The maximum atomic E-state index is 12.0. The number of morpholine rings is 1. The quantitative estimate of drug-likeness (QED) is 0.291. The second kappa shape index (κ2) is 13.4. The van der Waals surface area contributed by atoms with Crippen LogP contribution in [0.3, 0.4) is 0 Å². The van der Waals surface area contributed by atoms with Gasteiger partial charge in [0.15, 0.2) is 5.96 Å². The minimum atomic E-state index is -0.0224. The summed E-state index contributed by atoms with van der Waals surface area (Å²) in [5.74, 6) is 1.12. The van der Waals surface area contributed by atoms with Crippen molar-refractivity contribution < 1.29 is 13.9 Å². The fourth-order valence-electron chi connectivity index (χ4n) is 3.02. The van der Waals surface area contributed by atoms with Gasteiger partial charge in [0.2, 0.25) is 11.8 Å². The molecule has 1 aliphatic heterocycles. The maximum Gasteiger partial charge on any atom is 0.241 e. The Morgan fingerprint density at radius 2 is 1.91 bits per heavy atom. The largest absolute Gasteiger partial charge is 0.444 e. The van der Waals surface area contributed by atoms with Gasteiger partial charge in [0.1, 0.15) is 12.0 Å². The number of aromatic nitrogens is 1. The molecule has 32 heavy (non-hydrogen) atoms. The Hall–Kier alpha value is -2.18. The molecule has 2 heterocycles. The van der Waals surface area contributed by atoms with Crippen molar-refractivity contribution in [1.29, 1.82) is 0 Å². The Morgan fingerprint density at radius 1 is 1.19 bits per heavy atom. The number of guanidine groups is 1. The normalized spacial score (nSPS) is 14.5. The number of benzene rings is 1. The molecule has 1 saturated heterocycles.